The van der Waals surface area contributed by atoms with Crippen molar-refractivity contribution in [2.75, 3.05) is 23.9 Å². The van der Waals surface area contributed by atoms with Crippen molar-refractivity contribution in [2.24, 2.45) is 5.92 Å². The molecule has 3 aromatic carbocycles. The van der Waals surface area contributed by atoms with Crippen LogP contribution in [0.15, 0.2) is 78.9 Å². The van der Waals surface area contributed by atoms with Crippen LogP contribution in [0.3, 0.4) is 0 Å². The fraction of sp³-hybridized carbons (Fsp3) is 0.167. The molecule has 6 nitrogen and oxygen atoms in total. The number of rotatable bonds is 6. The average Bonchev–Trinajstić information content (AvgIpc) is 3.17. The molecule has 3 aromatic rings. The smallest absolute Gasteiger partial charge is 0.229 e. The van der Waals surface area contributed by atoms with E-state index in [0.29, 0.717) is 18.0 Å². The molecule has 0 bridgehead atoms. The van der Waals surface area contributed by atoms with Gasteiger partial charge in [-0.2, -0.15) is 0 Å². The molecule has 1 unspecified atom stereocenters. The molecule has 0 saturated carbocycles. The molecule has 30 heavy (non-hydrogen) atoms. The minimum absolute atomic E-state index is 0.0680. The minimum atomic E-state index is -0.403. The highest BCUT2D eigenvalue weighted by Gasteiger charge is 2.35. The van der Waals surface area contributed by atoms with Crippen LogP contribution in [0.4, 0.5) is 11.4 Å². The molecule has 1 fully saturated rings. The first-order chi connectivity index (χ1) is 14.6. The first-order valence-corrected chi connectivity index (χ1v) is 9.70. The Hall–Kier alpha value is -3.80. The lowest BCUT2D eigenvalue weighted by Gasteiger charge is -2.17. The topological polar surface area (TPSA) is 67.9 Å². The Morgan fingerprint density at radius 1 is 0.900 bits per heavy atom. The van der Waals surface area contributed by atoms with Crippen LogP contribution in [0.5, 0.6) is 17.2 Å². The van der Waals surface area contributed by atoms with Gasteiger partial charge in [-0.15, -0.1) is 0 Å². The van der Waals surface area contributed by atoms with Crippen molar-refractivity contribution in [3.8, 4) is 17.2 Å². The van der Waals surface area contributed by atoms with E-state index in [4.69, 9.17) is 9.47 Å². The van der Waals surface area contributed by atoms with E-state index in [0.717, 1.165) is 17.2 Å². The second kappa shape index (κ2) is 8.69. The monoisotopic (exact) mass is 402 g/mol. The van der Waals surface area contributed by atoms with Gasteiger partial charge < -0.3 is 19.7 Å². The van der Waals surface area contributed by atoms with Crippen LogP contribution >= 0.6 is 0 Å². The van der Waals surface area contributed by atoms with E-state index in [2.05, 4.69) is 5.32 Å². The van der Waals surface area contributed by atoms with Gasteiger partial charge in [0.1, 0.15) is 17.2 Å². The Bertz CT molecular complexity index is 1020. The molecule has 1 saturated heterocycles. The van der Waals surface area contributed by atoms with Gasteiger partial charge in [-0.05, 0) is 60.7 Å². The zero-order valence-electron chi connectivity index (χ0n) is 16.6. The van der Waals surface area contributed by atoms with Gasteiger partial charge in [0, 0.05) is 24.3 Å². The molecule has 1 atom stereocenters. The van der Waals surface area contributed by atoms with Crippen molar-refractivity contribution in [1.82, 2.24) is 0 Å². The number of hydrogen-bond acceptors (Lipinski definition) is 4. The predicted octanol–water partition coefficient (Wildman–Crippen LogP) is 4.48. The zero-order chi connectivity index (χ0) is 20.9. The molecule has 1 aliphatic heterocycles. The van der Waals surface area contributed by atoms with Gasteiger partial charge in [-0.25, -0.2) is 0 Å². The Morgan fingerprint density at radius 3 is 2.20 bits per heavy atom. The number of nitrogens with one attached hydrogen (secondary N) is 1. The fourth-order valence-electron chi connectivity index (χ4n) is 3.37. The molecule has 0 radical (unpaired) electrons. The van der Waals surface area contributed by atoms with Gasteiger partial charge in [-0.1, -0.05) is 18.2 Å². The largest absolute Gasteiger partial charge is 0.497 e. The number of carbonyl (C=O) groups is 2. The van der Waals surface area contributed by atoms with E-state index in [1.807, 2.05) is 54.6 Å². The molecule has 0 aliphatic carbocycles. The normalized spacial score (nSPS) is 15.7. The molecule has 1 aliphatic rings. The highest BCUT2D eigenvalue weighted by Crippen LogP contribution is 2.29. The van der Waals surface area contributed by atoms with Gasteiger partial charge >= 0.3 is 0 Å². The molecule has 1 N–H and O–H groups in total. The maximum absolute atomic E-state index is 12.6. The van der Waals surface area contributed by atoms with Gasteiger partial charge in [0.15, 0.2) is 0 Å². The van der Waals surface area contributed by atoms with Crippen molar-refractivity contribution < 1.29 is 19.1 Å². The summed E-state index contributed by atoms with van der Waals surface area (Å²) in [4.78, 5) is 26.8. The highest BCUT2D eigenvalue weighted by atomic mass is 16.5. The van der Waals surface area contributed by atoms with Gasteiger partial charge in [0.25, 0.3) is 0 Å². The van der Waals surface area contributed by atoms with Crippen molar-refractivity contribution in [2.45, 2.75) is 6.42 Å². The van der Waals surface area contributed by atoms with E-state index in [-0.39, 0.29) is 18.2 Å². The minimum Gasteiger partial charge on any atom is -0.497 e. The van der Waals surface area contributed by atoms with E-state index in [9.17, 15) is 9.59 Å². The summed E-state index contributed by atoms with van der Waals surface area (Å²) >= 11 is 0. The van der Waals surface area contributed by atoms with Gasteiger partial charge in [-0.3, -0.25) is 9.59 Å². The summed E-state index contributed by atoms with van der Waals surface area (Å²) in [6.07, 6.45) is 0.185. The number of benzene rings is 3. The Morgan fingerprint density at radius 2 is 1.53 bits per heavy atom. The lowest BCUT2D eigenvalue weighted by Crippen LogP contribution is -2.28. The van der Waals surface area contributed by atoms with Crippen LogP contribution in [0.1, 0.15) is 6.42 Å². The third-order valence-corrected chi connectivity index (χ3v) is 4.98. The van der Waals surface area contributed by atoms with Crippen LogP contribution < -0.4 is 19.7 Å². The second-order valence-electron chi connectivity index (χ2n) is 7.03. The number of amides is 2. The maximum Gasteiger partial charge on any atom is 0.229 e. The molecule has 152 valence electrons. The first kappa shape index (κ1) is 19.5. The van der Waals surface area contributed by atoms with Crippen LogP contribution in [-0.2, 0) is 9.59 Å². The van der Waals surface area contributed by atoms with E-state index in [1.54, 1.807) is 36.3 Å². The summed E-state index contributed by atoms with van der Waals surface area (Å²) in [6.45, 7) is 0.347. The standard InChI is InChI=1S/C24H22N2O4/c1-29-20-11-7-18(8-12-20)25-24(28)17-15-23(27)26(16-17)19-9-13-22(14-10-19)30-21-5-3-2-4-6-21/h2-14,17H,15-16H2,1H3,(H,25,28). The van der Waals surface area contributed by atoms with E-state index < -0.39 is 5.92 Å². The predicted molar refractivity (Wildman–Crippen MR) is 115 cm³/mol. The summed E-state index contributed by atoms with van der Waals surface area (Å²) in [6, 6.07) is 23.9. The molecule has 2 amide bonds. The fourth-order valence-corrected chi connectivity index (χ4v) is 3.37. The van der Waals surface area contributed by atoms with Crippen molar-refractivity contribution >= 4 is 23.2 Å². The Kier molecular flexibility index (Phi) is 5.66. The van der Waals surface area contributed by atoms with Gasteiger partial charge in [0.05, 0.1) is 13.0 Å². The van der Waals surface area contributed by atoms with Crippen LogP contribution in [0, 0.1) is 5.92 Å². The Balaban J connectivity index is 1.38. The number of hydrogen-bond donors (Lipinski definition) is 1. The number of ether oxygens (including phenoxy) is 2. The highest BCUT2D eigenvalue weighted by molar-refractivity contribution is 6.03. The third kappa shape index (κ3) is 4.43. The van der Waals surface area contributed by atoms with Crippen LogP contribution in [0.2, 0.25) is 0 Å². The molecular weight excluding hydrogens is 380 g/mol. The van der Waals surface area contributed by atoms with Crippen LogP contribution in [0.25, 0.3) is 0 Å². The lowest BCUT2D eigenvalue weighted by molar-refractivity contribution is -0.122. The number of anilines is 2. The lowest BCUT2D eigenvalue weighted by atomic mass is 10.1. The van der Waals surface area contributed by atoms with Crippen molar-refractivity contribution in [3.63, 3.8) is 0 Å². The van der Waals surface area contributed by atoms with Crippen molar-refractivity contribution in [3.05, 3.63) is 78.9 Å². The molecule has 1 heterocycles. The second-order valence-corrected chi connectivity index (χ2v) is 7.03. The summed E-state index contributed by atoms with van der Waals surface area (Å²) in [5, 5.41) is 2.87. The summed E-state index contributed by atoms with van der Waals surface area (Å²) in [5.41, 5.74) is 1.43. The molecule has 4 rings (SSSR count). The van der Waals surface area contributed by atoms with Crippen LogP contribution in [-0.4, -0.2) is 25.5 Å². The van der Waals surface area contributed by atoms with E-state index >= 15 is 0 Å². The number of para-hydroxylation sites is 1. The first-order valence-electron chi connectivity index (χ1n) is 9.70. The number of nitrogens with zero attached hydrogens (tertiary/aromatic N) is 1. The summed E-state index contributed by atoms with van der Waals surface area (Å²) in [7, 11) is 1.59. The van der Waals surface area contributed by atoms with E-state index in [1.165, 1.54) is 0 Å². The molecule has 0 spiro atoms. The summed E-state index contributed by atoms with van der Waals surface area (Å²) in [5.74, 6) is 1.51. The third-order valence-electron chi connectivity index (χ3n) is 4.98. The average molecular weight is 402 g/mol. The SMILES string of the molecule is COc1ccc(NC(=O)C2CC(=O)N(c3ccc(Oc4ccccc4)cc3)C2)cc1. The molecule has 0 aromatic heterocycles. The van der Waals surface area contributed by atoms with Crippen molar-refractivity contribution in [1.29, 1.82) is 0 Å². The maximum atomic E-state index is 12.6. The summed E-state index contributed by atoms with van der Waals surface area (Å²) < 4.78 is 10.9. The molecule has 6 heteroatoms. The zero-order valence-corrected chi connectivity index (χ0v) is 16.6. The molecular formula is C24H22N2O4. The van der Waals surface area contributed by atoms with Gasteiger partial charge in [0.2, 0.25) is 11.8 Å². The quantitative estimate of drug-likeness (QED) is 0.660. The number of methoxy groups -OCH3 is 1. The Labute approximate surface area is 175 Å². The number of carbonyl (C=O) groups excluding carboxylic acids is 2.